The fourth-order valence-electron chi connectivity index (χ4n) is 4.48. The van der Waals surface area contributed by atoms with Crippen molar-refractivity contribution in [1.29, 1.82) is 0 Å². The van der Waals surface area contributed by atoms with E-state index in [2.05, 4.69) is 5.32 Å². The lowest BCUT2D eigenvalue weighted by Gasteiger charge is -2.32. The van der Waals surface area contributed by atoms with Crippen molar-refractivity contribution in [2.75, 3.05) is 17.4 Å². The molecule has 0 aromatic heterocycles. The molecule has 0 radical (unpaired) electrons. The molecule has 0 heterocycles. The van der Waals surface area contributed by atoms with Gasteiger partial charge in [-0.25, -0.2) is 8.42 Å². The Morgan fingerprint density at radius 3 is 2.23 bits per heavy atom. The van der Waals surface area contributed by atoms with Gasteiger partial charge in [0.15, 0.2) is 0 Å². The third kappa shape index (κ3) is 7.50. The van der Waals surface area contributed by atoms with Crippen LogP contribution >= 0.6 is 0 Å². The van der Waals surface area contributed by atoms with Gasteiger partial charge in [-0.2, -0.15) is 0 Å². The van der Waals surface area contributed by atoms with E-state index in [1.165, 1.54) is 9.21 Å². The van der Waals surface area contributed by atoms with Crippen molar-refractivity contribution in [2.24, 2.45) is 0 Å². The van der Waals surface area contributed by atoms with Crippen LogP contribution in [0.15, 0.2) is 71.6 Å². The highest BCUT2D eigenvalue weighted by molar-refractivity contribution is 7.92. The highest BCUT2D eigenvalue weighted by atomic mass is 32.2. The molecule has 0 unspecified atom stereocenters. The Morgan fingerprint density at radius 2 is 1.57 bits per heavy atom. The molecule has 7 nitrogen and oxygen atoms in total. The average molecular weight is 564 g/mol. The number of hydrogen-bond acceptors (Lipinski definition) is 4. The number of carbonyl (C=O) groups is 2. The molecule has 3 aromatic rings. The van der Waals surface area contributed by atoms with Gasteiger partial charge in [0, 0.05) is 13.1 Å². The molecule has 0 aliphatic carbocycles. The number of nitrogens with zero attached hydrogens (tertiary/aromatic N) is 2. The van der Waals surface area contributed by atoms with Crippen molar-refractivity contribution in [3.8, 4) is 0 Å². The van der Waals surface area contributed by atoms with Crippen LogP contribution in [0.1, 0.15) is 54.5 Å². The first-order valence-corrected chi connectivity index (χ1v) is 15.2. The van der Waals surface area contributed by atoms with Gasteiger partial charge in [0.25, 0.3) is 10.0 Å². The molecule has 1 atom stereocenters. The molecular weight excluding hydrogens is 522 g/mol. The lowest BCUT2D eigenvalue weighted by Crippen LogP contribution is -2.51. The van der Waals surface area contributed by atoms with Crippen molar-refractivity contribution in [1.82, 2.24) is 10.2 Å². The number of anilines is 1. The Balaban J connectivity index is 2.04. The highest BCUT2D eigenvalue weighted by Crippen LogP contribution is 2.29. The Labute approximate surface area is 239 Å². The summed E-state index contributed by atoms with van der Waals surface area (Å²) in [6, 6.07) is 18.9. The topological polar surface area (TPSA) is 86.8 Å². The molecule has 0 bridgehead atoms. The van der Waals surface area contributed by atoms with Gasteiger partial charge in [0.2, 0.25) is 11.8 Å². The van der Waals surface area contributed by atoms with Crippen molar-refractivity contribution < 1.29 is 18.0 Å². The normalized spacial score (nSPS) is 12.1. The van der Waals surface area contributed by atoms with Crippen LogP contribution in [0.2, 0.25) is 0 Å². The first-order chi connectivity index (χ1) is 18.9. The zero-order valence-corrected chi connectivity index (χ0v) is 25.2. The molecule has 3 aromatic carbocycles. The van der Waals surface area contributed by atoms with E-state index in [0.717, 1.165) is 40.7 Å². The number of unbranched alkanes of at least 4 members (excludes halogenated alkanes) is 1. The van der Waals surface area contributed by atoms with Crippen molar-refractivity contribution in [3.05, 3.63) is 94.5 Å². The molecule has 0 aliphatic heterocycles. The second-order valence-electron chi connectivity index (χ2n) is 10.4. The largest absolute Gasteiger partial charge is 0.354 e. The Morgan fingerprint density at radius 1 is 0.900 bits per heavy atom. The predicted octanol–water partition coefficient (Wildman–Crippen LogP) is 5.45. The van der Waals surface area contributed by atoms with Gasteiger partial charge in [-0.15, -0.1) is 0 Å². The number of sulfonamides is 1. The summed E-state index contributed by atoms with van der Waals surface area (Å²) in [4.78, 5) is 28.7. The molecule has 0 saturated carbocycles. The number of rotatable bonds is 12. The fraction of sp³-hybridized carbons (Fsp3) is 0.375. The minimum Gasteiger partial charge on any atom is -0.354 e. The van der Waals surface area contributed by atoms with E-state index in [1.807, 2.05) is 65.0 Å². The zero-order chi connectivity index (χ0) is 29.4. The van der Waals surface area contributed by atoms with Gasteiger partial charge in [-0.3, -0.25) is 13.9 Å². The maximum Gasteiger partial charge on any atom is 0.264 e. The predicted molar refractivity (Wildman–Crippen MR) is 161 cm³/mol. The van der Waals surface area contributed by atoms with Crippen LogP contribution < -0.4 is 9.62 Å². The molecule has 8 heteroatoms. The second-order valence-corrected chi connectivity index (χ2v) is 12.2. The fourth-order valence-corrected chi connectivity index (χ4v) is 5.95. The van der Waals surface area contributed by atoms with Crippen LogP contribution in [0.3, 0.4) is 0 Å². The SMILES string of the molecule is CCCCNC(=O)[C@H](C)N(Cc1cccc(C)c1)C(=O)CN(c1cccc(C)c1C)S(=O)(=O)c1ccc(C)cc1. The third-order valence-electron chi connectivity index (χ3n) is 7.16. The number of hydrogen-bond donors (Lipinski definition) is 1. The minimum atomic E-state index is -4.10. The van der Waals surface area contributed by atoms with Crippen LogP contribution in [-0.4, -0.2) is 44.3 Å². The van der Waals surface area contributed by atoms with Crippen LogP contribution in [0.25, 0.3) is 0 Å². The minimum absolute atomic E-state index is 0.0994. The first kappa shape index (κ1) is 30.9. The Kier molecular flexibility index (Phi) is 10.5. The van der Waals surface area contributed by atoms with Gasteiger partial charge in [-0.1, -0.05) is 73.0 Å². The van der Waals surface area contributed by atoms with Crippen LogP contribution in [0.5, 0.6) is 0 Å². The number of nitrogens with one attached hydrogen (secondary N) is 1. The second kappa shape index (κ2) is 13.6. The summed E-state index contributed by atoms with van der Waals surface area (Å²) in [5.41, 5.74) is 4.94. The molecule has 1 N–H and O–H groups in total. The van der Waals surface area contributed by atoms with Gasteiger partial charge in [0.1, 0.15) is 12.6 Å². The molecule has 214 valence electrons. The van der Waals surface area contributed by atoms with Crippen LogP contribution in [-0.2, 0) is 26.2 Å². The summed E-state index contributed by atoms with van der Waals surface area (Å²) in [5, 5.41) is 2.91. The van der Waals surface area contributed by atoms with Crippen LogP contribution in [0, 0.1) is 27.7 Å². The smallest absolute Gasteiger partial charge is 0.264 e. The lowest BCUT2D eigenvalue weighted by molar-refractivity contribution is -0.139. The van der Waals surface area contributed by atoms with Gasteiger partial charge < -0.3 is 10.2 Å². The quantitative estimate of drug-likeness (QED) is 0.297. The standard InChI is InChI=1S/C32H41N3O4S/c1-7-8-19-33-32(37)27(6)34(21-28-13-9-11-24(3)20-28)31(36)22-35(30-14-10-12-25(4)26(30)5)40(38,39)29-17-15-23(2)16-18-29/h9-18,20,27H,7-8,19,21-22H2,1-6H3,(H,33,37)/t27-/m0/s1. The third-order valence-corrected chi connectivity index (χ3v) is 8.94. The van der Waals surface area contributed by atoms with Gasteiger partial charge in [0.05, 0.1) is 10.6 Å². The van der Waals surface area contributed by atoms with Gasteiger partial charge >= 0.3 is 0 Å². The van der Waals surface area contributed by atoms with E-state index in [1.54, 1.807) is 43.3 Å². The molecular formula is C32H41N3O4S. The maximum absolute atomic E-state index is 14.1. The molecule has 2 amide bonds. The number of benzene rings is 3. The molecule has 0 aliphatic rings. The lowest BCUT2D eigenvalue weighted by atomic mass is 10.1. The molecule has 0 fully saturated rings. The van der Waals surface area contributed by atoms with Crippen LogP contribution in [0.4, 0.5) is 5.69 Å². The van der Waals surface area contributed by atoms with E-state index in [4.69, 9.17) is 0 Å². The molecule has 0 saturated heterocycles. The van der Waals surface area contributed by atoms with E-state index in [0.29, 0.717) is 12.2 Å². The monoisotopic (exact) mass is 563 g/mol. The summed E-state index contributed by atoms with van der Waals surface area (Å²) < 4.78 is 29.2. The average Bonchev–Trinajstić information content (AvgIpc) is 2.92. The molecule has 3 rings (SSSR count). The Hall–Kier alpha value is -3.65. The summed E-state index contributed by atoms with van der Waals surface area (Å²) in [5.74, 6) is -0.731. The molecule has 0 spiro atoms. The van der Waals surface area contributed by atoms with E-state index < -0.39 is 28.5 Å². The number of aryl methyl sites for hydroxylation is 3. The van der Waals surface area contributed by atoms with E-state index >= 15 is 0 Å². The maximum atomic E-state index is 14.1. The zero-order valence-electron chi connectivity index (χ0n) is 24.4. The molecule has 40 heavy (non-hydrogen) atoms. The van der Waals surface area contributed by atoms with Crippen molar-refractivity contribution in [3.63, 3.8) is 0 Å². The summed E-state index contributed by atoms with van der Waals surface area (Å²) >= 11 is 0. The van der Waals surface area contributed by atoms with E-state index in [9.17, 15) is 18.0 Å². The Bertz CT molecular complexity index is 1430. The summed E-state index contributed by atoms with van der Waals surface area (Å²) in [6.07, 6.45) is 1.77. The van der Waals surface area contributed by atoms with Crippen molar-refractivity contribution >= 4 is 27.5 Å². The highest BCUT2D eigenvalue weighted by Gasteiger charge is 2.33. The number of carbonyl (C=O) groups excluding carboxylic acids is 2. The van der Waals surface area contributed by atoms with E-state index in [-0.39, 0.29) is 17.3 Å². The summed E-state index contributed by atoms with van der Waals surface area (Å²) in [6.45, 7) is 11.6. The first-order valence-electron chi connectivity index (χ1n) is 13.7. The summed E-state index contributed by atoms with van der Waals surface area (Å²) in [7, 11) is -4.10. The van der Waals surface area contributed by atoms with Crippen molar-refractivity contribution in [2.45, 2.75) is 71.9 Å². The van der Waals surface area contributed by atoms with Gasteiger partial charge in [-0.05, 0) is 75.9 Å². The number of amides is 2.